The van der Waals surface area contributed by atoms with Gasteiger partial charge in [0.2, 0.25) is 0 Å². The highest BCUT2D eigenvalue weighted by Gasteiger charge is 2.15. The Hall–Kier alpha value is -1.39. The monoisotopic (exact) mass is 308 g/mol. The molecule has 22 heavy (non-hydrogen) atoms. The van der Waals surface area contributed by atoms with Gasteiger partial charge in [0.05, 0.1) is 17.8 Å². The number of aryl methyl sites for hydroxylation is 1. The van der Waals surface area contributed by atoms with Crippen LogP contribution in [0.2, 0.25) is 0 Å². The van der Waals surface area contributed by atoms with Crippen molar-refractivity contribution in [1.29, 1.82) is 0 Å². The van der Waals surface area contributed by atoms with E-state index in [0.29, 0.717) is 12.2 Å². The van der Waals surface area contributed by atoms with E-state index in [-0.39, 0.29) is 11.7 Å². The van der Waals surface area contributed by atoms with Crippen molar-refractivity contribution in [2.45, 2.75) is 65.6 Å². The molecule has 124 valence electrons. The van der Waals surface area contributed by atoms with E-state index >= 15 is 0 Å². The van der Waals surface area contributed by atoms with E-state index in [9.17, 15) is 4.79 Å². The second kappa shape index (κ2) is 8.91. The Balaban J connectivity index is 2.38. The third kappa shape index (κ3) is 7.57. The van der Waals surface area contributed by atoms with E-state index in [0.717, 1.165) is 19.3 Å². The first kappa shape index (κ1) is 18.7. The number of carbonyl (C=O) groups is 1. The zero-order chi connectivity index (χ0) is 16.6. The van der Waals surface area contributed by atoms with Gasteiger partial charge < -0.3 is 4.74 Å². The molecule has 1 aromatic carbocycles. The summed E-state index contributed by atoms with van der Waals surface area (Å²) in [7, 11) is 0. The van der Waals surface area contributed by atoms with E-state index in [1.807, 2.05) is 32.9 Å². The van der Waals surface area contributed by atoms with Gasteiger partial charge >= 0.3 is 5.97 Å². The maximum atomic E-state index is 11.9. The lowest BCUT2D eigenvalue weighted by molar-refractivity contribution is -0.282. The first-order chi connectivity index (χ1) is 10.3. The van der Waals surface area contributed by atoms with Gasteiger partial charge in [-0.15, -0.1) is 0 Å². The maximum absolute atomic E-state index is 11.9. The molecular formula is C18H28O4. The first-order valence-electron chi connectivity index (χ1n) is 7.92. The zero-order valence-electron chi connectivity index (χ0n) is 14.3. The lowest BCUT2D eigenvalue weighted by Crippen LogP contribution is -2.27. The lowest BCUT2D eigenvalue weighted by Gasteiger charge is -2.21. The number of rotatable bonds is 8. The average molecular weight is 308 g/mol. The molecule has 0 aliphatic rings. The van der Waals surface area contributed by atoms with Gasteiger partial charge in [0, 0.05) is 0 Å². The summed E-state index contributed by atoms with van der Waals surface area (Å²) in [4.78, 5) is 21.8. The van der Waals surface area contributed by atoms with Crippen LogP contribution in [-0.4, -0.2) is 24.3 Å². The molecule has 4 heteroatoms. The van der Waals surface area contributed by atoms with Crippen LogP contribution in [0.15, 0.2) is 24.3 Å². The Labute approximate surface area is 133 Å². The Morgan fingerprint density at radius 1 is 1.18 bits per heavy atom. The summed E-state index contributed by atoms with van der Waals surface area (Å²) in [6.45, 7) is 10.2. The van der Waals surface area contributed by atoms with Crippen LogP contribution in [0.3, 0.4) is 0 Å². The molecule has 0 aromatic heterocycles. The molecule has 0 aliphatic carbocycles. The van der Waals surface area contributed by atoms with E-state index in [4.69, 9.17) is 14.5 Å². The van der Waals surface area contributed by atoms with Gasteiger partial charge in [0.25, 0.3) is 0 Å². The number of unbranched alkanes of at least 4 members (excludes halogenated alkanes) is 1. The molecule has 0 N–H and O–H groups in total. The van der Waals surface area contributed by atoms with Crippen LogP contribution in [0.25, 0.3) is 0 Å². The summed E-state index contributed by atoms with van der Waals surface area (Å²) >= 11 is 0. The second-order valence-corrected chi connectivity index (χ2v) is 6.50. The molecule has 1 atom stereocenters. The average Bonchev–Trinajstić information content (AvgIpc) is 2.48. The lowest BCUT2D eigenvalue weighted by atomic mass is 10.1. The third-order valence-corrected chi connectivity index (χ3v) is 3.05. The van der Waals surface area contributed by atoms with Crippen molar-refractivity contribution in [2.75, 3.05) is 6.61 Å². The molecule has 0 spiro atoms. The van der Waals surface area contributed by atoms with Crippen molar-refractivity contribution < 1.29 is 19.3 Å². The highest BCUT2D eigenvalue weighted by Crippen LogP contribution is 2.11. The van der Waals surface area contributed by atoms with Gasteiger partial charge in [-0.2, -0.15) is 4.89 Å². The summed E-state index contributed by atoms with van der Waals surface area (Å²) in [6, 6.07) is 7.46. The van der Waals surface area contributed by atoms with Crippen molar-refractivity contribution in [3.05, 3.63) is 35.4 Å². The van der Waals surface area contributed by atoms with Crippen molar-refractivity contribution in [2.24, 2.45) is 0 Å². The fraction of sp³-hybridized carbons (Fsp3) is 0.611. The Kier molecular flexibility index (Phi) is 7.56. The Morgan fingerprint density at radius 2 is 1.82 bits per heavy atom. The minimum absolute atomic E-state index is 0.240. The van der Waals surface area contributed by atoms with Gasteiger partial charge in [0.1, 0.15) is 6.10 Å². The van der Waals surface area contributed by atoms with Gasteiger partial charge in [-0.1, -0.05) is 25.5 Å². The second-order valence-electron chi connectivity index (χ2n) is 6.50. The van der Waals surface area contributed by atoms with Crippen LogP contribution in [0, 0.1) is 0 Å². The van der Waals surface area contributed by atoms with Crippen LogP contribution >= 0.6 is 0 Å². The quantitative estimate of drug-likeness (QED) is 0.530. The van der Waals surface area contributed by atoms with Crippen LogP contribution in [0.4, 0.5) is 0 Å². The maximum Gasteiger partial charge on any atom is 0.373 e. The molecule has 4 nitrogen and oxygen atoms in total. The number of hydrogen-bond acceptors (Lipinski definition) is 4. The molecular weight excluding hydrogens is 280 g/mol. The van der Waals surface area contributed by atoms with Crippen LogP contribution in [-0.2, 0) is 20.9 Å². The molecule has 0 saturated carbocycles. The number of hydrogen-bond donors (Lipinski definition) is 0. The van der Waals surface area contributed by atoms with Crippen LogP contribution < -0.4 is 0 Å². The standard InChI is InChI=1S/C18H28O4/c1-6-7-8-15-9-11-16(12-10-15)17(19)22-21-14(2)13-20-18(3,4)5/h9-12,14H,6-8,13H2,1-5H3. The largest absolute Gasteiger partial charge is 0.373 e. The molecule has 0 saturated heterocycles. The van der Waals surface area contributed by atoms with E-state index in [2.05, 4.69) is 6.92 Å². The molecule has 0 bridgehead atoms. The summed E-state index contributed by atoms with van der Waals surface area (Å²) in [5.74, 6) is -0.482. The van der Waals surface area contributed by atoms with Gasteiger partial charge in [-0.05, 0) is 58.2 Å². The minimum atomic E-state index is -0.482. The van der Waals surface area contributed by atoms with Gasteiger partial charge in [-0.25, -0.2) is 4.79 Å². The highest BCUT2D eigenvalue weighted by atomic mass is 17.2. The molecule has 0 fully saturated rings. The first-order valence-corrected chi connectivity index (χ1v) is 7.92. The number of ether oxygens (including phenoxy) is 1. The van der Waals surface area contributed by atoms with Crippen molar-refractivity contribution in [3.8, 4) is 0 Å². The van der Waals surface area contributed by atoms with Gasteiger partial charge in [-0.3, -0.25) is 4.89 Å². The molecule has 0 heterocycles. The predicted molar refractivity (Wildman–Crippen MR) is 86.7 cm³/mol. The fourth-order valence-corrected chi connectivity index (χ4v) is 1.76. The summed E-state index contributed by atoms with van der Waals surface area (Å²) in [5.41, 5.74) is 1.48. The van der Waals surface area contributed by atoms with E-state index in [1.54, 1.807) is 19.1 Å². The van der Waals surface area contributed by atoms with Crippen LogP contribution in [0.5, 0.6) is 0 Å². The molecule has 1 rings (SSSR count). The zero-order valence-corrected chi connectivity index (χ0v) is 14.3. The Morgan fingerprint density at radius 3 is 2.36 bits per heavy atom. The number of benzene rings is 1. The molecule has 0 aliphatic heterocycles. The summed E-state index contributed by atoms with van der Waals surface area (Å²) in [6.07, 6.45) is 3.03. The fourth-order valence-electron chi connectivity index (χ4n) is 1.76. The number of carbonyl (C=O) groups excluding carboxylic acids is 1. The Bertz CT molecular complexity index is 445. The van der Waals surface area contributed by atoms with Gasteiger partial charge in [0.15, 0.2) is 0 Å². The smallest absolute Gasteiger partial charge is 0.373 e. The van der Waals surface area contributed by atoms with Crippen molar-refractivity contribution in [3.63, 3.8) is 0 Å². The highest BCUT2D eigenvalue weighted by molar-refractivity contribution is 5.88. The molecule has 0 amide bonds. The van der Waals surface area contributed by atoms with E-state index in [1.165, 1.54) is 5.56 Å². The van der Waals surface area contributed by atoms with E-state index < -0.39 is 5.97 Å². The SMILES string of the molecule is CCCCc1ccc(C(=O)OOC(C)COC(C)(C)C)cc1. The molecule has 1 aromatic rings. The minimum Gasteiger partial charge on any atom is -0.373 e. The normalized spacial score (nSPS) is 13.0. The van der Waals surface area contributed by atoms with Crippen molar-refractivity contribution >= 4 is 5.97 Å². The predicted octanol–water partition coefficient (Wildman–Crippen LogP) is 4.32. The third-order valence-electron chi connectivity index (χ3n) is 3.05. The topological polar surface area (TPSA) is 44.8 Å². The van der Waals surface area contributed by atoms with Crippen molar-refractivity contribution in [1.82, 2.24) is 0 Å². The molecule has 0 radical (unpaired) electrons. The summed E-state index contributed by atoms with van der Waals surface area (Å²) < 4.78 is 5.57. The van der Waals surface area contributed by atoms with Crippen LogP contribution in [0.1, 0.15) is 63.4 Å². The summed E-state index contributed by atoms with van der Waals surface area (Å²) in [5, 5.41) is 0. The molecule has 1 unspecified atom stereocenters.